The van der Waals surface area contributed by atoms with E-state index in [1.54, 1.807) is 6.20 Å². The fourth-order valence-electron chi connectivity index (χ4n) is 2.53. The molecule has 24 heavy (non-hydrogen) atoms. The minimum absolute atomic E-state index is 0.488. The zero-order chi connectivity index (χ0) is 16.5. The summed E-state index contributed by atoms with van der Waals surface area (Å²) < 4.78 is 5.94. The van der Waals surface area contributed by atoms with Gasteiger partial charge in [-0.1, -0.05) is 54.6 Å². The summed E-state index contributed by atoms with van der Waals surface area (Å²) >= 11 is 0. The Hall–Kier alpha value is -2.65. The van der Waals surface area contributed by atoms with Crippen LogP contribution in [-0.4, -0.2) is 11.5 Å². The van der Waals surface area contributed by atoms with Gasteiger partial charge in [-0.25, -0.2) is 0 Å². The SMILES string of the molecule is c1ccc(CCNCc2ccccc2OCc2ccccn2)cc1. The van der Waals surface area contributed by atoms with E-state index >= 15 is 0 Å². The van der Waals surface area contributed by atoms with Crippen LogP contribution < -0.4 is 10.1 Å². The first-order valence-corrected chi connectivity index (χ1v) is 8.27. The van der Waals surface area contributed by atoms with Crippen LogP contribution in [0.2, 0.25) is 0 Å². The van der Waals surface area contributed by atoms with Gasteiger partial charge in [-0.05, 0) is 36.7 Å². The molecule has 122 valence electrons. The van der Waals surface area contributed by atoms with Crippen LogP contribution in [0, 0.1) is 0 Å². The smallest absolute Gasteiger partial charge is 0.130 e. The Morgan fingerprint density at radius 2 is 1.62 bits per heavy atom. The van der Waals surface area contributed by atoms with Gasteiger partial charge in [-0.3, -0.25) is 4.98 Å². The first-order chi connectivity index (χ1) is 11.9. The normalized spacial score (nSPS) is 10.5. The summed E-state index contributed by atoms with van der Waals surface area (Å²) in [5, 5.41) is 3.49. The number of pyridine rings is 1. The van der Waals surface area contributed by atoms with Crippen molar-refractivity contribution < 1.29 is 4.74 Å². The quantitative estimate of drug-likeness (QED) is 0.638. The molecule has 0 spiro atoms. The summed E-state index contributed by atoms with van der Waals surface area (Å²) in [4.78, 5) is 4.29. The molecule has 1 heterocycles. The summed E-state index contributed by atoms with van der Waals surface area (Å²) in [6, 6.07) is 24.5. The van der Waals surface area contributed by atoms with E-state index in [1.165, 1.54) is 11.1 Å². The van der Waals surface area contributed by atoms with E-state index < -0.39 is 0 Å². The number of hydrogen-bond acceptors (Lipinski definition) is 3. The molecular formula is C21H22N2O. The average Bonchev–Trinajstić information content (AvgIpc) is 2.66. The van der Waals surface area contributed by atoms with Gasteiger partial charge in [0.05, 0.1) is 5.69 Å². The maximum absolute atomic E-state index is 5.94. The molecule has 3 heteroatoms. The van der Waals surface area contributed by atoms with Gasteiger partial charge < -0.3 is 10.1 Å². The number of rotatable bonds is 8. The molecule has 0 saturated heterocycles. The van der Waals surface area contributed by atoms with Gasteiger partial charge in [0.2, 0.25) is 0 Å². The monoisotopic (exact) mass is 318 g/mol. The third-order valence-corrected chi connectivity index (χ3v) is 3.82. The highest BCUT2D eigenvalue weighted by molar-refractivity contribution is 5.33. The lowest BCUT2D eigenvalue weighted by Crippen LogP contribution is -2.17. The van der Waals surface area contributed by atoms with Gasteiger partial charge in [-0.2, -0.15) is 0 Å². The van der Waals surface area contributed by atoms with Gasteiger partial charge in [0.25, 0.3) is 0 Å². The summed E-state index contributed by atoms with van der Waals surface area (Å²) in [7, 11) is 0. The molecule has 3 aromatic rings. The predicted molar refractivity (Wildman–Crippen MR) is 96.9 cm³/mol. The van der Waals surface area contributed by atoms with E-state index in [1.807, 2.05) is 42.5 Å². The third-order valence-electron chi connectivity index (χ3n) is 3.82. The number of ether oxygens (including phenoxy) is 1. The van der Waals surface area contributed by atoms with E-state index in [0.29, 0.717) is 6.61 Å². The van der Waals surface area contributed by atoms with Crippen LogP contribution in [0.4, 0.5) is 0 Å². The van der Waals surface area contributed by atoms with Crippen LogP contribution in [0.15, 0.2) is 79.0 Å². The summed E-state index contributed by atoms with van der Waals surface area (Å²) in [5.41, 5.74) is 3.45. The number of nitrogens with zero attached hydrogens (tertiary/aromatic N) is 1. The van der Waals surface area contributed by atoms with Crippen molar-refractivity contribution >= 4 is 0 Å². The molecular weight excluding hydrogens is 296 g/mol. The standard InChI is InChI=1S/C21H22N2O/c1-2-8-18(9-3-1)13-15-22-16-19-10-4-5-12-21(19)24-17-20-11-6-7-14-23-20/h1-12,14,22H,13,15-17H2. The van der Waals surface area contributed by atoms with Crippen molar-refractivity contribution in [1.82, 2.24) is 10.3 Å². The zero-order valence-corrected chi connectivity index (χ0v) is 13.7. The lowest BCUT2D eigenvalue weighted by molar-refractivity contribution is 0.297. The topological polar surface area (TPSA) is 34.1 Å². The van der Waals surface area contributed by atoms with Crippen molar-refractivity contribution in [3.8, 4) is 5.75 Å². The van der Waals surface area contributed by atoms with Crippen LogP contribution in [-0.2, 0) is 19.6 Å². The lowest BCUT2D eigenvalue weighted by atomic mass is 10.1. The number of benzene rings is 2. The van der Waals surface area contributed by atoms with Crippen LogP contribution >= 0.6 is 0 Å². The zero-order valence-electron chi connectivity index (χ0n) is 13.7. The van der Waals surface area contributed by atoms with Gasteiger partial charge in [0.15, 0.2) is 0 Å². The number of nitrogens with one attached hydrogen (secondary N) is 1. The van der Waals surface area contributed by atoms with Gasteiger partial charge in [-0.15, -0.1) is 0 Å². The first-order valence-electron chi connectivity index (χ1n) is 8.27. The fourth-order valence-corrected chi connectivity index (χ4v) is 2.53. The molecule has 0 aliphatic carbocycles. The Morgan fingerprint density at radius 1 is 0.833 bits per heavy atom. The highest BCUT2D eigenvalue weighted by Crippen LogP contribution is 2.18. The lowest BCUT2D eigenvalue weighted by Gasteiger charge is -2.12. The van der Waals surface area contributed by atoms with Crippen molar-refractivity contribution in [3.63, 3.8) is 0 Å². The van der Waals surface area contributed by atoms with E-state index in [2.05, 4.69) is 40.6 Å². The second-order valence-corrected chi connectivity index (χ2v) is 5.63. The van der Waals surface area contributed by atoms with Crippen LogP contribution in [0.25, 0.3) is 0 Å². The minimum atomic E-state index is 0.488. The Labute approximate surface area is 143 Å². The molecule has 0 amide bonds. The van der Waals surface area contributed by atoms with Crippen molar-refractivity contribution in [3.05, 3.63) is 95.8 Å². The first kappa shape index (κ1) is 16.2. The Bertz CT molecular complexity index is 729. The Morgan fingerprint density at radius 3 is 2.46 bits per heavy atom. The van der Waals surface area contributed by atoms with E-state index in [0.717, 1.165) is 31.0 Å². The molecule has 2 aromatic carbocycles. The molecule has 0 aliphatic rings. The highest BCUT2D eigenvalue weighted by atomic mass is 16.5. The minimum Gasteiger partial charge on any atom is -0.487 e. The molecule has 0 aliphatic heterocycles. The molecule has 0 fully saturated rings. The predicted octanol–water partition coefficient (Wildman–Crippen LogP) is 3.99. The maximum Gasteiger partial charge on any atom is 0.130 e. The Balaban J connectivity index is 1.50. The van der Waals surface area contributed by atoms with Gasteiger partial charge in [0.1, 0.15) is 12.4 Å². The van der Waals surface area contributed by atoms with Crippen molar-refractivity contribution in [2.45, 2.75) is 19.6 Å². The largest absolute Gasteiger partial charge is 0.487 e. The third kappa shape index (κ3) is 4.93. The molecule has 1 N–H and O–H groups in total. The maximum atomic E-state index is 5.94. The van der Waals surface area contributed by atoms with Crippen molar-refractivity contribution in [2.75, 3.05) is 6.54 Å². The molecule has 1 aromatic heterocycles. The Kier molecular flexibility index (Phi) is 5.98. The van der Waals surface area contributed by atoms with Gasteiger partial charge >= 0.3 is 0 Å². The average molecular weight is 318 g/mol. The van der Waals surface area contributed by atoms with E-state index in [9.17, 15) is 0 Å². The van der Waals surface area contributed by atoms with Crippen molar-refractivity contribution in [2.24, 2.45) is 0 Å². The molecule has 0 atom stereocenters. The molecule has 3 nitrogen and oxygen atoms in total. The van der Waals surface area contributed by atoms with Crippen LogP contribution in [0.1, 0.15) is 16.8 Å². The second kappa shape index (κ2) is 8.85. The molecule has 0 radical (unpaired) electrons. The molecule has 3 rings (SSSR count). The summed E-state index contributed by atoms with van der Waals surface area (Å²) in [6.07, 6.45) is 2.81. The molecule has 0 unspecified atom stereocenters. The van der Waals surface area contributed by atoms with Gasteiger partial charge in [0, 0.05) is 18.3 Å². The molecule has 0 bridgehead atoms. The number of hydrogen-bond donors (Lipinski definition) is 1. The number of aromatic nitrogens is 1. The van der Waals surface area contributed by atoms with E-state index in [-0.39, 0.29) is 0 Å². The highest BCUT2D eigenvalue weighted by Gasteiger charge is 2.03. The fraction of sp³-hybridized carbons (Fsp3) is 0.190. The molecule has 0 saturated carbocycles. The second-order valence-electron chi connectivity index (χ2n) is 5.63. The number of para-hydroxylation sites is 1. The van der Waals surface area contributed by atoms with Crippen LogP contribution in [0.3, 0.4) is 0 Å². The van der Waals surface area contributed by atoms with Crippen LogP contribution in [0.5, 0.6) is 5.75 Å². The van der Waals surface area contributed by atoms with Crippen molar-refractivity contribution in [1.29, 1.82) is 0 Å². The summed E-state index contributed by atoms with van der Waals surface area (Å²) in [6.45, 7) is 2.23. The van der Waals surface area contributed by atoms with E-state index in [4.69, 9.17) is 4.74 Å². The summed E-state index contributed by atoms with van der Waals surface area (Å²) in [5.74, 6) is 0.912.